The molecule has 0 bridgehead atoms. The maximum atomic E-state index is 6.10. The summed E-state index contributed by atoms with van der Waals surface area (Å²) in [5.74, 6) is 0. The molecular formula is C12H14ClNO. The van der Waals surface area contributed by atoms with E-state index in [1.165, 1.54) is 0 Å². The fraction of sp³-hybridized carbons (Fsp3) is 0.333. The molecule has 80 valence electrons. The molecule has 1 aromatic heterocycles. The van der Waals surface area contributed by atoms with Crippen LogP contribution in [0.2, 0.25) is 5.02 Å². The summed E-state index contributed by atoms with van der Waals surface area (Å²) in [6, 6.07) is 4.03. The number of aryl methyl sites for hydroxylation is 1. The van der Waals surface area contributed by atoms with Crippen molar-refractivity contribution in [3.05, 3.63) is 34.5 Å². The maximum Gasteiger partial charge on any atom is 0.152 e. The fourth-order valence-corrected chi connectivity index (χ4v) is 2.00. The van der Waals surface area contributed by atoms with Crippen molar-refractivity contribution < 1.29 is 4.42 Å². The Bertz CT molecular complexity index is 476. The molecule has 0 aliphatic rings. The molecule has 2 aromatic rings. The molecule has 0 spiro atoms. The first kappa shape index (κ1) is 10.5. The lowest BCUT2D eigenvalue weighted by Crippen LogP contribution is -2.11. The smallest absolute Gasteiger partial charge is 0.152 e. The minimum absolute atomic E-state index is 0.688. The lowest BCUT2D eigenvalue weighted by Gasteiger charge is -2.00. The maximum absolute atomic E-state index is 6.10. The minimum atomic E-state index is 0.688. The van der Waals surface area contributed by atoms with Crippen molar-refractivity contribution in [2.45, 2.75) is 20.4 Å². The summed E-state index contributed by atoms with van der Waals surface area (Å²) in [5.41, 5.74) is 3.11. The Balaban J connectivity index is 2.49. The van der Waals surface area contributed by atoms with Gasteiger partial charge in [0.2, 0.25) is 0 Å². The Labute approximate surface area is 94.2 Å². The third-order valence-electron chi connectivity index (χ3n) is 2.42. The van der Waals surface area contributed by atoms with Crippen molar-refractivity contribution in [1.29, 1.82) is 0 Å². The largest absolute Gasteiger partial charge is 0.462 e. The Morgan fingerprint density at radius 1 is 1.40 bits per heavy atom. The SMILES string of the molecule is CCNCc1coc2c(Cl)cc(C)cc12. The van der Waals surface area contributed by atoms with E-state index in [0.29, 0.717) is 5.02 Å². The van der Waals surface area contributed by atoms with E-state index < -0.39 is 0 Å². The highest BCUT2D eigenvalue weighted by molar-refractivity contribution is 6.35. The highest BCUT2D eigenvalue weighted by atomic mass is 35.5. The van der Waals surface area contributed by atoms with Gasteiger partial charge in [-0.15, -0.1) is 0 Å². The average molecular weight is 224 g/mol. The number of fused-ring (bicyclic) bond motifs is 1. The molecule has 0 unspecified atom stereocenters. The van der Waals surface area contributed by atoms with Gasteiger partial charge in [-0.3, -0.25) is 0 Å². The molecule has 0 amide bonds. The highest BCUT2D eigenvalue weighted by Gasteiger charge is 2.09. The minimum Gasteiger partial charge on any atom is -0.462 e. The summed E-state index contributed by atoms with van der Waals surface area (Å²) in [7, 11) is 0. The van der Waals surface area contributed by atoms with Gasteiger partial charge in [0, 0.05) is 17.5 Å². The predicted molar refractivity (Wildman–Crippen MR) is 63.3 cm³/mol. The van der Waals surface area contributed by atoms with Crippen LogP contribution in [-0.2, 0) is 6.54 Å². The molecule has 0 aliphatic heterocycles. The molecule has 0 saturated heterocycles. The zero-order chi connectivity index (χ0) is 10.8. The summed E-state index contributed by atoms with van der Waals surface area (Å²) < 4.78 is 5.46. The number of hydrogen-bond donors (Lipinski definition) is 1. The second-order valence-corrected chi connectivity index (χ2v) is 4.07. The Morgan fingerprint density at radius 3 is 2.93 bits per heavy atom. The fourth-order valence-electron chi connectivity index (χ4n) is 1.68. The van der Waals surface area contributed by atoms with Gasteiger partial charge in [-0.05, 0) is 31.2 Å². The van der Waals surface area contributed by atoms with Gasteiger partial charge < -0.3 is 9.73 Å². The van der Waals surface area contributed by atoms with Crippen LogP contribution in [0.4, 0.5) is 0 Å². The molecule has 1 N–H and O–H groups in total. The molecule has 0 saturated carbocycles. The standard InChI is InChI=1S/C12H14ClNO/c1-3-14-6-9-7-15-12-10(9)4-8(2)5-11(12)13/h4-5,7,14H,3,6H2,1-2H3. The molecule has 1 aromatic carbocycles. The Hall–Kier alpha value is -0.990. The molecule has 2 nitrogen and oxygen atoms in total. The first-order valence-electron chi connectivity index (χ1n) is 5.09. The number of rotatable bonds is 3. The zero-order valence-corrected chi connectivity index (χ0v) is 9.69. The number of furan rings is 1. The van der Waals surface area contributed by atoms with Crippen LogP contribution < -0.4 is 5.32 Å². The first-order chi connectivity index (χ1) is 7.22. The Kier molecular flexibility index (Phi) is 2.98. The highest BCUT2D eigenvalue weighted by Crippen LogP contribution is 2.29. The topological polar surface area (TPSA) is 25.2 Å². The summed E-state index contributed by atoms with van der Waals surface area (Å²) in [6.07, 6.45) is 1.78. The van der Waals surface area contributed by atoms with Gasteiger partial charge in [-0.2, -0.15) is 0 Å². The van der Waals surface area contributed by atoms with Gasteiger partial charge in [-0.25, -0.2) is 0 Å². The van der Waals surface area contributed by atoms with Crippen LogP contribution in [0.5, 0.6) is 0 Å². The number of nitrogens with one attached hydrogen (secondary N) is 1. The lowest BCUT2D eigenvalue weighted by atomic mass is 10.1. The third-order valence-corrected chi connectivity index (χ3v) is 2.70. The van der Waals surface area contributed by atoms with Crippen molar-refractivity contribution in [2.75, 3.05) is 6.54 Å². The van der Waals surface area contributed by atoms with Crippen molar-refractivity contribution in [3.8, 4) is 0 Å². The number of hydrogen-bond acceptors (Lipinski definition) is 2. The van der Waals surface area contributed by atoms with Gasteiger partial charge >= 0.3 is 0 Å². The lowest BCUT2D eigenvalue weighted by molar-refractivity contribution is 0.604. The number of benzene rings is 1. The van der Waals surface area contributed by atoms with Crippen LogP contribution in [0.3, 0.4) is 0 Å². The molecule has 3 heteroatoms. The van der Waals surface area contributed by atoms with Crippen molar-refractivity contribution in [2.24, 2.45) is 0 Å². The summed E-state index contributed by atoms with van der Waals surface area (Å²) in [4.78, 5) is 0. The van der Waals surface area contributed by atoms with Crippen LogP contribution in [0.25, 0.3) is 11.0 Å². The van der Waals surface area contributed by atoms with Crippen molar-refractivity contribution >= 4 is 22.6 Å². The molecule has 0 aliphatic carbocycles. The number of halogens is 1. The van der Waals surface area contributed by atoms with Crippen molar-refractivity contribution in [3.63, 3.8) is 0 Å². The van der Waals surface area contributed by atoms with Crippen LogP contribution >= 0.6 is 11.6 Å². The monoisotopic (exact) mass is 223 g/mol. The summed E-state index contributed by atoms with van der Waals surface area (Å²) in [5, 5.41) is 5.08. The van der Waals surface area contributed by atoms with E-state index in [4.69, 9.17) is 16.0 Å². The van der Waals surface area contributed by atoms with Crippen LogP contribution in [0.15, 0.2) is 22.8 Å². The first-order valence-corrected chi connectivity index (χ1v) is 5.47. The molecule has 0 atom stereocenters. The van der Waals surface area contributed by atoms with E-state index in [1.807, 2.05) is 13.0 Å². The van der Waals surface area contributed by atoms with Crippen LogP contribution in [-0.4, -0.2) is 6.54 Å². The van der Waals surface area contributed by atoms with Crippen LogP contribution in [0, 0.1) is 6.92 Å². The summed E-state index contributed by atoms with van der Waals surface area (Å²) >= 11 is 6.10. The molecule has 15 heavy (non-hydrogen) atoms. The molecule has 0 radical (unpaired) electrons. The third kappa shape index (κ3) is 2.01. The predicted octanol–water partition coefficient (Wildman–Crippen LogP) is 3.50. The van der Waals surface area contributed by atoms with Gasteiger partial charge in [0.25, 0.3) is 0 Å². The second kappa shape index (κ2) is 4.25. The van der Waals surface area contributed by atoms with E-state index in [-0.39, 0.29) is 0 Å². The van der Waals surface area contributed by atoms with E-state index in [0.717, 1.165) is 35.2 Å². The van der Waals surface area contributed by atoms with E-state index >= 15 is 0 Å². The normalized spacial score (nSPS) is 11.1. The molecule has 1 heterocycles. The second-order valence-electron chi connectivity index (χ2n) is 3.66. The molecule has 0 fully saturated rings. The van der Waals surface area contributed by atoms with Gasteiger partial charge in [0.15, 0.2) is 5.58 Å². The van der Waals surface area contributed by atoms with E-state index in [1.54, 1.807) is 6.26 Å². The van der Waals surface area contributed by atoms with E-state index in [9.17, 15) is 0 Å². The quantitative estimate of drug-likeness (QED) is 0.862. The average Bonchev–Trinajstić information content (AvgIpc) is 2.58. The van der Waals surface area contributed by atoms with Gasteiger partial charge in [0.1, 0.15) is 0 Å². The summed E-state index contributed by atoms with van der Waals surface area (Å²) in [6.45, 7) is 5.89. The van der Waals surface area contributed by atoms with Crippen molar-refractivity contribution in [1.82, 2.24) is 5.32 Å². The van der Waals surface area contributed by atoms with Gasteiger partial charge in [-0.1, -0.05) is 18.5 Å². The van der Waals surface area contributed by atoms with Crippen LogP contribution in [0.1, 0.15) is 18.1 Å². The molecular weight excluding hydrogens is 210 g/mol. The van der Waals surface area contributed by atoms with Gasteiger partial charge in [0.05, 0.1) is 11.3 Å². The molecule has 2 rings (SSSR count). The van der Waals surface area contributed by atoms with E-state index in [2.05, 4.69) is 18.3 Å². The Morgan fingerprint density at radius 2 is 2.20 bits per heavy atom. The zero-order valence-electron chi connectivity index (χ0n) is 8.93.